The van der Waals surface area contributed by atoms with Crippen LogP contribution in [0.1, 0.15) is 23.9 Å². The van der Waals surface area contributed by atoms with Crippen molar-refractivity contribution in [2.45, 2.75) is 26.8 Å². The Kier molecular flexibility index (Phi) is 3.62. The summed E-state index contributed by atoms with van der Waals surface area (Å²) in [6.45, 7) is 4.46. The van der Waals surface area contributed by atoms with Gasteiger partial charge < -0.3 is 10.5 Å². The van der Waals surface area contributed by atoms with Gasteiger partial charge >= 0.3 is 0 Å². The van der Waals surface area contributed by atoms with Crippen LogP contribution in [-0.2, 0) is 20.0 Å². The fourth-order valence-electron chi connectivity index (χ4n) is 1.76. The van der Waals surface area contributed by atoms with E-state index in [4.69, 9.17) is 10.5 Å². The lowest BCUT2D eigenvalue weighted by molar-refractivity contribution is 0.413. The molecular weight excluding hydrogens is 228 g/mol. The zero-order valence-electron chi connectivity index (χ0n) is 11.0. The van der Waals surface area contributed by atoms with Crippen LogP contribution in [-0.4, -0.2) is 14.8 Å². The van der Waals surface area contributed by atoms with Crippen LogP contribution in [0.25, 0.3) is 0 Å². The van der Waals surface area contributed by atoms with Gasteiger partial charge in [-0.15, -0.1) is 0 Å². The first-order chi connectivity index (χ1) is 8.62. The van der Waals surface area contributed by atoms with Crippen molar-refractivity contribution in [3.63, 3.8) is 0 Å². The Morgan fingerprint density at radius 1 is 1.33 bits per heavy atom. The van der Waals surface area contributed by atoms with E-state index in [1.54, 1.807) is 4.68 Å². The van der Waals surface area contributed by atoms with E-state index in [9.17, 15) is 0 Å². The quantitative estimate of drug-likeness (QED) is 0.895. The molecule has 2 aromatic rings. The summed E-state index contributed by atoms with van der Waals surface area (Å²) >= 11 is 0. The molecule has 2 aromatic heterocycles. The van der Waals surface area contributed by atoms with Gasteiger partial charge in [-0.3, -0.25) is 0 Å². The maximum Gasteiger partial charge on any atom is 0.221 e. The molecule has 0 aliphatic rings. The van der Waals surface area contributed by atoms with E-state index in [1.807, 2.05) is 32.2 Å². The molecule has 0 aliphatic heterocycles. The second-order valence-electron chi connectivity index (χ2n) is 4.21. The molecule has 0 fully saturated rings. The first-order valence-electron chi connectivity index (χ1n) is 6.00. The van der Waals surface area contributed by atoms with Crippen LogP contribution in [0.4, 0.5) is 0 Å². The van der Waals surface area contributed by atoms with Gasteiger partial charge in [-0.1, -0.05) is 6.92 Å². The normalized spacial score (nSPS) is 10.7. The minimum absolute atomic E-state index is 0.482. The summed E-state index contributed by atoms with van der Waals surface area (Å²) in [5, 5.41) is 4.23. The van der Waals surface area contributed by atoms with Crippen molar-refractivity contribution in [1.82, 2.24) is 14.8 Å². The van der Waals surface area contributed by atoms with Crippen LogP contribution in [0.3, 0.4) is 0 Å². The Morgan fingerprint density at radius 2 is 2.11 bits per heavy atom. The molecule has 2 heterocycles. The van der Waals surface area contributed by atoms with Crippen LogP contribution in [0.15, 0.2) is 18.2 Å². The summed E-state index contributed by atoms with van der Waals surface area (Å²) in [6, 6.07) is 5.74. The van der Waals surface area contributed by atoms with Gasteiger partial charge in [0, 0.05) is 31.4 Å². The SMILES string of the molecule is CCc1cc(CN)cc(Oc2cc(C)nn2C)n1. The standard InChI is InChI=1S/C13H18N4O/c1-4-11-6-10(8-14)7-12(15-11)18-13-5-9(2)16-17(13)3/h5-7H,4,8,14H2,1-3H3. The Balaban J connectivity index is 2.30. The molecule has 5 nitrogen and oxygen atoms in total. The fraction of sp³-hybridized carbons (Fsp3) is 0.385. The monoisotopic (exact) mass is 246 g/mol. The third-order valence-electron chi connectivity index (χ3n) is 2.68. The molecule has 18 heavy (non-hydrogen) atoms. The summed E-state index contributed by atoms with van der Waals surface area (Å²) in [6.07, 6.45) is 0.856. The molecule has 0 radical (unpaired) electrons. The average Bonchev–Trinajstić information content (AvgIpc) is 2.67. The van der Waals surface area contributed by atoms with Crippen molar-refractivity contribution in [1.29, 1.82) is 0 Å². The first-order valence-corrected chi connectivity index (χ1v) is 6.00. The van der Waals surface area contributed by atoms with Crippen molar-refractivity contribution in [2.75, 3.05) is 0 Å². The van der Waals surface area contributed by atoms with E-state index in [0.717, 1.165) is 23.4 Å². The van der Waals surface area contributed by atoms with Gasteiger partial charge in [0.25, 0.3) is 0 Å². The number of hydrogen-bond donors (Lipinski definition) is 1. The molecular formula is C13H18N4O. The fourth-order valence-corrected chi connectivity index (χ4v) is 1.76. The maximum atomic E-state index is 5.75. The Labute approximate surface area is 107 Å². The van der Waals surface area contributed by atoms with Crippen molar-refractivity contribution < 1.29 is 4.74 Å². The van der Waals surface area contributed by atoms with Gasteiger partial charge in [-0.2, -0.15) is 5.10 Å². The molecule has 0 saturated heterocycles. The molecule has 2 rings (SSSR count). The Hall–Kier alpha value is -1.88. The average molecular weight is 246 g/mol. The highest BCUT2D eigenvalue weighted by atomic mass is 16.5. The predicted octanol–water partition coefficient (Wildman–Crippen LogP) is 1.94. The molecule has 2 N–H and O–H groups in total. The number of pyridine rings is 1. The van der Waals surface area contributed by atoms with Crippen LogP contribution in [0.2, 0.25) is 0 Å². The van der Waals surface area contributed by atoms with Crippen LogP contribution < -0.4 is 10.5 Å². The third kappa shape index (κ3) is 2.68. The van der Waals surface area contributed by atoms with Gasteiger partial charge in [0.15, 0.2) is 0 Å². The van der Waals surface area contributed by atoms with Crippen molar-refractivity contribution >= 4 is 0 Å². The minimum Gasteiger partial charge on any atom is -0.421 e. The number of nitrogens with zero attached hydrogens (tertiary/aromatic N) is 3. The van der Waals surface area contributed by atoms with Crippen LogP contribution in [0, 0.1) is 6.92 Å². The summed E-state index contributed by atoms with van der Waals surface area (Å²) in [7, 11) is 1.84. The molecule has 0 spiro atoms. The van der Waals surface area contributed by atoms with E-state index in [-0.39, 0.29) is 0 Å². The number of nitrogens with two attached hydrogens (primary N) is 1. The number of aromatic nitrogens is 3. The predicted molar refractivity (Wildman–Crippen MR) is 69.5 cm³/mol. The molecule has 0 unspecified atom stereocenters. The van der Waals surface area contributed by atoms with Crippen LogP contribution >= 0.6 is 0 Å². The number of ether oxygens (including phenoxy) is 1. The maximum absolute atomic E-state index is 5.75. The van der Waals surface area contributed by atoms with Crippen LogP contribution in [0.5, 0.6) is 11.8 Å². The van der Waals surface area contributed by atoms with Crippen molar-refractivity contribution in [2.24, 2.45) is 12.8 Å². The minimum atomic E-state index is 0.482. The number of aryl methyl sites for hydroxylation is 3. The Bertz CT molecular complexity index is 526. The molecule has 5 heteroatoms. The zero-order chi connectivity index (χ0) is 13.1. The van der Waals surface area contributed by atoms with E-state index in [1.165, 1.54) is 0 Å². The molecule has 0 saturated carbocycles. The van der Waals surface area contributed by atoms with Crippen molar-refractivity contribution in [3.05, 3.63) is 35.2 Å². The van der Waals surface area contributed by atoms with E-state index >= 15 is 0 Å². The molecule has 0 atom stereocenters. The largest absolute Gasteiger partial charge is 0.421 e. The highest BCUT2D eigenvalue weighted by Gasteiger charge is 2.07. The first kappa shape index (κ1) is 12.6. The van der Waals surface area contributed by atoms with E-state index < -0.39 is 0 Å². The molecule has 0 amide bonds. The second-order valence-corrected chi connectivity index (χ2v) is 4.21. The van der Waals surface area contributed by atoms with E-state index in [0.29, 0.717) is 18.3 Å². The van der Waals surface area contributed by atoms with Gasteiger partial charge in [0.2, 0.25) is 11.8 Å². The lowest BCUT2D eigenvalue weighted by atomic mass is 10.2. The molecule has 0 bridgehead atoms. The Morgan fingerprint density at radius 3 is 2.67 bits per heavy atom. The lowest BCUT2D eigenvalue weighted by Gasteiger charge is -2.08. The van der Waals surface area contributed by atoms with Gasteiger partial charge in [0.1, 0.15) is 0 Å². The highest BCUT2D eigenvalue weighted by Crippen LogP contribution is 2.21. The summed E-state index contributed by atoms with van der Waals surface area (Å²) in [4.78, 5) is 4.43. The van der Waals surface area contributed by atoms with Gasteiger partial charge in [-0.25, -0.2) is 9.67 Å². The highest BCUT2D eigenvalue weighted by molar-refractivity contribution is 5.28. The number of hydrogen-bond acceptors (Lipinski definition) is 4. The van der Waals surface area contributed by atoms with Crippen molar-refractivity contribution in [3.8, 4) is 11.8 Å². The smallest absolute Gasteiger partial charge is 0.221 e. The van der Waals surface area contributed by atoms with E-state index in [2.05, 4.69) is 17.0 Å². The lowest BCUT2D eigenvalue weighted by Crippen LogP contribution is -2.02. The third-order valence-corrected chi connectivity index (χ3v) is 2.68. The van der Waals surface area contributed by atoms with Gasteiger partial charge in [0.05, 0.1) is 5.69 Å². The molecule has 0 aromatic carbocycles. The molecule has 96 valence electrons. The van der Waals surface area contributed by atoms with Gasteiger partial charge in [-0.05, 0) is 25.0 Å². The molecule has 0 aliphatic carbocycles. The second kappa shape index (κ2) is 5.18. The summed E-state index contributed by atoms with van der Waals surface area (Å²) in [5.74, 6) is 1.24. The summed E-state index contributed by atoms with van der Waals surface area (Å²) < 4.78 is 7.44. The summed E-state index contributed by atoms with van der Waals surface area (Å²) in [5.41, 5.74) is 8.59. The topological polar surface area (TPSA) is 66.0 Å². The number of rotatable bonds is 4. The zero-order valence-corrected chi connectivity index (χ0v) is 11.0.